The highest BCUT2D eigenvalue weighted by atomic mass is 15.1. The number of anilines is 2. The molecule has 1 saturated carbocycles. The average molecular weight is 220 g/mol. The van der Waals surface area contributed by atoms with E-state index in [9.17, 15) is 0 Å². The Hall–Kier alpha value is -1.32. The summed E-state index contributed by atoms with van der Waals surface area (Å²) >= 11 is 0. The Balaban J connectivity index is 1.95. The summed E-state index contributed by atoms with van der Waals surface area (Å²) in [5, 5.41) is 3.39. The van der Waals surface area contributed by atoms with E-state index in [0.29, 0.717) is 17.3 Å². The monoisotopic (exact) mass is 220 g/mol. The van der Waals surface area contributed by atoms with Gasteiger partial charge in [-0.2, -0.15) is 0 Å². The number of hydrogen-bond donors (Lipinski definition) is 2. The third-order valence-electron chi connectivity index (χ3n) is 3.41. The lowest BCUT2D eigenvalue weighted by atomic mass is 9.75. The molecule has 0 atom stereocenters. The molecule has 1 aliphatic rings. The van der Waals surface area contributed by atoms with Crippen LogP contribution < -0.4 is 11.1 Å². The zero-order valence-corrected chi connectivity index (χ0v) is 10.0. The van der Waals surface area contributed by atoms with Crippen molar-refractivity contribution in [3.8, 4) is 0 Å². The Morgan fingerprint density at radius 1 is 1.25 bits per heavy atom. The van der Waals surface area contributed by atoms with Crippen LogP contribution in [0.25, 0.3) is 0 Å². The second-order valence-electron chi connectivity index (χ2n) is 5.37. The van der Waals surface area contributed by atoms with Gasteiger partial charge in [-0.1, -0.05) is 13.8 Å². The number of hydrogen-bond acceptors (Lipinski definition) is 4. The largest absolute Gasteiger partial charge is 0.381 e. The number of nitrogens with one attached hydrogen (secondary N) is 1. The van der Waals surface area contributed by atoms with Crippen LogP contribution in [0, 0.1) is 5.41 Å². The van der Waals surface area contributed by atoms with Crippen molar-refractivity contribution in [2.75, 3.05) is 11.1 Å². The fourth-order valence-corrected chi connectivity index (χ4v) is 2.20. The van der Waals surface area contributed by atoms with E-state index in [2.05, 4.69) is 29.1 Å². The van der Waals surface area contributed by atoms with Gasteiger partial charge in [-0.25, -0.2) is 9.97 Å². The lowest BCUT2D eigenvalue weighted by molar-refractivity contribution is 0.232. The molecule has 3 N–H and O–H groups in total. The Labute approximate surface area is 96.7 Å². The maximum absolute atomic E-state index is 5.75. The highest BCUT2D eigenvalue weighted by Gasteiger charge is 2.27. The molecule has 4 nitrogen and oxygen atoms in total. The first-order valence-corrected chi connectivity index (χ1v) is 5.90. The van der Waals surface area contributed by atoms with Crippen LogP contribution in [0.5, 0.6) is 0 Å². The van der Waals surface area contributed by atoms with Crippen LogP contribution in [0.2, 0.25) is 0 Å². The topological polar surface area (TPSA) is 63.8 Å². The van der Waals surface area contributed by atoms with E-state index in [1.54, 1.807) is 12.4 Å². The van der Waals surface area contributed by atoms with Crippen molar-refractivity contribution in [2.24, 2.45) is 5.41 Å². The van der Waals surface area contributed by atoms with Crippen LogP contribution >= 0.6 is 0 Å². The van der Waals surface area contributed by atoms with E-state index in [1.807, 2.05) is 0 Å². The van der Waals surface area contributed by atoms with Crippen molar-refractivity contribution < 1.29 is 0 Å². The van der Waals surface area contributed by atoms with Gasteiger partial charge in [-0.3, -0.25) is 0 Å². The van der Waals surface area contributed by atoms with Crippen molar-refractivity contribution in [1.29, 1.82) is 0 Å². The number of nitrogens with zero attached hydrogens (tertiary/aromatic N) is 2. The van der Waals surface area contributed by atoms with Gasteiger partial charge in [0.25, 0.3) is 0 Å². The Morgan fingerprint density at radius 2 is 1.88 bits per heavy atom. The molecule has 1 aromatic rings. The van der Waals surface area contributed by atoms with Crippen LogP contribution in [0.15, 0.2) is 12.4 Å². The molecule has 0 amide bonds. The molecule has 0 bridgehead atoms. The smallest absolute Gasteiger partial charge is 0.169 e. The van der Waals surface area contributed by atoms with E-state index in [0.717, 1.165) is 5.82 Å². The molecule has 0 unspecified atom stereocenters. The minimum absolute atomic E-state index is 0.492. The molecule has 2 rings (SSSR count). The molecular formula is C12H20N4. The van der Waals surface area contributed by atoms with Gasteiger partial charge in [-0.05, 0) is 31.1 Å². The van der Waals surface area contributed by atoms with E-state index in [-0.39, 0.29) is 0 Å². The summed E-state index contributed by atoms with van der Waals surface area (Å²) in [6, 6.07) is 0.493. The van der Waals surface area contributed by atoms with Crippen molar-refractivity contribution in [2.45, 2.75) is 45.6 Å². The van der Waals surface area contributed by atoms with Gasteiger partial charge in [0, 0.05) is 18.4 Å². The lowest BCUT2D eigenvalue weighted by Crippen LogP contribution is -2.30. The Bertz CT molecular complexity index is 352. The minimum atomic E-state index is 0.492. The van der Waals surface area contributed by atoms with Crippen LogP contribution in [-0.4, -0.2) is 16.0 Å². The van der Waals surface area contributed by atoms with Crippen LogP contribution in [0.4, 0.5) is 11.6 Å². The number of nitrogen functional groups attached to an aromatic ring is 1. The van der Waals surface area contributed by atoms with E-state index < -0.39 is 0 Å². The molecule has 88 valence electrons. The van der Waals surface area contributed by atoms with Gasteiger partial charge >= 0.3 is 0 Å². The first-order chi connectivity index (χ1) is 7.57. The van der Waals surface area contributed by atoms with Gasteiger partial charge < -0.3 is 11.1 Å². The molecule has 0 radical (unpaired) electrons. The predicted molar refractivity (Wildman–Crippen MR) is 66.1 cm³/mol. The average Bonchev–Trinajstić information content (AvgIpc) is 2.24. The van der Waals surface area contributed by atoms with Crippen molar-refractivity contribution >= 4 is 11.6 Å². The van der Waals surface area contributed by atoms with Gasteiger partial charge in [-0.15, -0.1) is 0 Å². The fourth-order valence-electron chi connectivity index (χ4n) is 2.20. The number of rotatable bonds is 2. The highest BCUT2D eigenvalue weighted by molar-refractivity contribution is 5.55. The Kier molecular flexibility index (Phi) is 2.99. The van der Waals surface area contributed by atoms with E-state index in [4.69, 9.17) is 5.73 Å². The molecule has 1 heterocycles. The molecule has 16 heavy (non-hydrogen) atoms. The second-order valence-corrected chi connectivity index (χ2v) is 5.37. The number of aromatic nitrogens is 2. The zero-order chi connectivity index (χ0) is 11.6. The first kappa shape index (κ1) is 11.2. The maximum atomic E-state index is 5.75. The Morgan fingerprint density at radius 3 is 2.50 bits per heavy atom. The molecule has 0 saturated heterocycles. The molecule has 0 aromatic carbocycles. The van der Waals surface area contributed by atoms with Crippen molar-refractivity contribution in [1.82, 2.24) is 9.97 Å². The zero-order valence-electron chi connectivity index (χ0n) is 10.0. The second kappa shape index (κ2) is 4.28. The highest BCUT2D eigenvalue weighted by Crippen LogP contribution is 2.36. The molecule has 1 aromatic heterocycles. The summed E-state index contributed by atoms with van der Waals surface area (Å²) in [6.45, 7) is 4.67. The summed E-state index contributed by atoms with van der Waals surface area (Å²) in [5.41, 5.74) is 6.25. The first-order valence-electron chi connectivity index (χ1n) is 5.90. The van der Waals surface area contributed by atoms with Gasteiger partial charge in [0.2, 0.25) is 0 Å². The third kappa shape index (κ3) is 2.62. The van der Waals surface area contributed by atoms with Crippen LogP contribution in [-0.2, 0) is 0 Å². The molecule has 1 aliphatic carbocycles. The normalized spacial score (nSPS) is 20.6. The van der Waals surface area contributed by atoms with E-state index >= 15 is 0 Å². The molecule has 0 spiro atoms. The SMILES string of the molecule is CC1(C)CCC(Nc2nccnc2N)CC1. The fraction of sp³-hybridized carbons (Fsp3) is 0.667. The van der Waals surface area contributed by atoms with Crippen molar-refractivity contribution in [3.63, 3.8) is 0 Å². The molecule has 0 aliphatic heterocycles. The molecule has 4 heteroatoms. The lowest BCUT2D eigenvalue weighted by Gasteiger charge is -2.34. The minimum Gasteiger partial charge on any atom is -0.381 e. The van der Waals surface area contributed by atoms with Crippen LogP contribution in [0.3, 0.4) is 0 Å². The summed E-state index contributed by atoms with van der Waals surface area (Å²) in [6.07, 6.45) is 8.16. The predicted octanol–water partition coefficient (Wildman–Crippen LogP) is 2.44. The quantitative estimate of drug-likeness (QED) is 0.803. The van der Waals surface area contributed by atoms with Crippen LogP contribution in [0.1, 0.15) is 39.5 Å². The van der Waals surface area contributed by atoms with Crippen molar-refractivity contribution in [3.05, 3.63) is 12.4 Å². The summed E-state index contributed by atoms with van der Waals surface area (Å²) in [4.78, 5) is 8.24. The summed E-state index contributed by atoms with van der Waals surface area (Å²) in [7, 11) is 0. The maximum Gasteiger partial charge on any atom is 0.169 e. The molecular weight excluding hydrogens is 200 g/mol. The number of nitrogens with two attached hydrogens (primary N) is 1. The molecule has 1 fully saturated rings. The summed E-state index contributed by atoms with van der Waals surface area (Å²) in [5.74, 6) is 1.22. The summed E-state index contributed by atoms with van der Waals surface area (Å²) < 4.78 is 0. The third-order valence-corrected chi connectivity index (χ3v) is 3.41. The van der Waals surface area contributed by atoms with Gasteiger partial charge in [0.15, 0.2) is 11.6 Å². The standard InChI is InChI=1S/C12H20N4/c1-12(2)5-3-9(4-6-12)16-11-10(13)14-7-8-15-11/h7-9H,3-6H2,1-2H3,(H2,13,14)(H,15,16). The van der Waals surface area contributed by atoms with E-state index in [1.165, 1.54) is 25.7 Å². The van der Waals surface area contributed by atoms with Gasteiger partial charge in [0.1, 0.15) is 0 Å². The van der Waals surface area contributed by atoms with Gasteiger partial charge in [0.05, 0.1) is 0 Å².